The SMILES string of the molecule is COc1ccc(CN2C(=S)N(c3ccc(OC)cc3)C(=O)[C@@H]2CC(=O)Nc2ccccc2)cc1. The lowest BCUT2D eigenvalue weighted by molar-refractivity contribution is -0.124. The average Bonchev–Trinajstić information content (AvgIpc) is 3.09. The Morgan fingerprint density at radius 3 is 2.09 bits per heavy atom. The topological polar surface area (TPSA) is 71.1 Å². The summed E-state index contributed by atoms with van der Waals surface area (Å²) in [5, 5.41) is 3.21. The maximum Gasteiger partial charge on any atom is 0.256 e. The second kappa shape index (κ2) is 10.4. The highest BCUT2D eigenvalue weighted by atomic mass is 32.1. The van der Waals surface area contributed by atoms with Crippen LogP contribution in [0.2, 0.25) is 0 Å². The highest BCUT2D eigenvalue weighted by Crippen LogP contribution is 2.30. The Labute approximate surface area is 203 Å². The first-order valence-electron chi connectivity index (χ1n) is 10.8. The summed E-state index contributed by atoms with van der Waals surface area (Å²) in [6, 6.07) is 23.1. The third-order valence-electron chi connectivity index (χ3n) is 5.60. The molecule has 0 unspecified atom stereocenters. The molecular formula is C26H25N3O4S. The third-order valence-corrected chi connectivity index (χ3v) is 6.01. The van der Waals surface area contributed by atoms with Gasteiger partial charge in [0.2, 0.25) is 5.91 Å². The number of carbonyl (C=O) groups excluding carboxylic acids is 2. The van der Waals surface area contributed by atoms with Crippen molar-refractivity contribution in [1.82, 2.24) is 4.90 Å². The van der Waals surface area contributed by atoms with E-state index in [1.807, 2.05) is 42.5 Å². The first-order chi connectivity index (χ1) is 16.5. The van der Waals surface area contributed by atoms with Crippen molar-refractivity contribution in [2.24, 2.45) is 0 Å². The largest absolute Gasteiger partial charge is 0.497 e. The fraction of sp³-hybridized carbons (Fsp3) is 0.192. The molecule has 1 atom stereocenters. The van der Waals surface area contributed by atoms with E-state index in [1.54, 1.807) is 55.5 Å². The predicted molar refractivity (Wildman–Crippen MR) is 135 cm³/mol. The number of nitrogens with zero attached hydrogens (tertiary/aromatic N) is 2. The van der Waals surface area contributed by atoms with Crippen LogP contribution in [0, 0.1) is 0 Å². The van der Waals surface area contributed by atoms with Gasteiger partial charge in [0.1, 0.15) is 17.5 Å². The molecule has 1 aliphatic heterocycles. The third kappa shape index (κ3) is 5.02. The van der Waals surface area contributed by atoms with Crippen LogP contribution in [-0.2, 0) is 16.1 Å². The Morgan fingerprint density at radius 2 is 1.50 bits per heavy atom. The number of thiocarbonyl (C=S) groups is 1. The first-order valence-corrected chi connectivity index (χ1v) is 11.2. The van der Waals surface area contributed by atoms with Crippen molar-refractivity contribution in [3.63, 3.8) is 0 Å². The number of amides is 2. The number of carbonyl (C=O) groups is 2. The molecule has 1 saturated heterocycles. The molecule has 2 amide bonds. The molecule has 1 fully saturated rings. The van der Waals surface area contributed by atoms with Gasteiger partial charge in [0.05, 0.1) is 26.3 Å². The van der Waals surface area contributed by atoms with E-state index >= 15 is 0 Å². The minimum Gasteiger partial charge on any atom is -0.497 e. The van der Waals surface area contributed by atoms with Crippen molar-refractivity contribution in [2.75, 3.05) is 24.4 Å². The van der Waals surface area contributed by atoms with E-state index in [2.05, 4.69) is 5.32 Å². The summed E-state index contributed by atoms with van der Waals surface area (Å²) < 4.78 is 10.5. The molecule has 0 bridgehead atoms. The van der Waals surface area contributed by atoms with Crippen LogP contribution in [0.5, 0.6) is 11.5 Å². The second-order valence-corrected chi connectivity index (χ2v) is 8.13. The first kappa shape index (κ1) is 23.3. The molecule has 34 heavy (non-hydrogen) atoms. The molecule has 0 radical (unpaired) electrons. The van der Waals surface area contributed by atoms with E-state index in [1.165, 1.54) is 4.90 Å². The van der Waals surface area contributed by atoms with E-state index in [9.17, 15) is 9.59 Å². The number of methoxy groups -OCH3 is 2. The Balaban J connectivity index is 1.60. The summed E-state index contributed by atoms with van der Waals surface area (Å²) >= 11 is 5.73. The minimum atomic E-state index is -0.736. The molecule has 0 spiro atoms. The van der Waals surface area contributed by atoms with Crippen LogP contribution < -0.4 is 19.7 Å². The Kier molecular flexibility index (Phi) is 7.08. The van der Waals surface area contributed by atoms with Gasteiger partial charge in [-0.3, -0.25) is 14.5 Å². The highest BCUT2D eigenvalue weighted by Gasteiger charge is 2.44. The fourth-order valence-electron chi connectivity index (χ4n) is 3.82. The number of anilines is 2. The Bertz CT molecular complexity index is 1170. The molecule has 1 heterocycles. The quantitative estimate of drug-likeness (QED) is 0.492. The monoisotopic (exact) mass is 475 g/mol. The zero-order valence-electron chi connectivity index (χ0n) is 18.9. The van der Waals surface area contributed by atoms with Crippen LogP contribution in [0.25, 0.3) is 0 Å². The number of ether oxygens (including phenoxy) is 2. The zero-order valence-corrected chi connectivity index (χ0v) is 19.7. The van der Waals surface area contributed by atoms with Gasteiger partial charge in [0, 0.05) is 12.2 Å². The summed E-state index contributed by atoms with van der Waals surface area (Å²) in [5.41, 5.74) is 2.25. The van der Waals surface area contributed by atoms with Crippen LogP contribution in [0.1, 0.15) is 12.0 Å². The molecule has 1 N–H and O–H groups in total. The van der Waals surface area contributed by atoms with Crippen LogP contribution in [-0.4, -0.2) is 42.1 Å². The highest BCUT2D eigenvalue weighted by molar-refractivity contribution is 7.80. The second-order valence-electron chi connectivity index (χ2n) is 7.76. The van der Waals surface area contributed by atoms with Crippen LogP contribution in [0.3, 0.4) is 0 Å². The molecular weight excluding hydrogens is 450 g/mol. The summed E-state index contributed by atoms with van der Waals surface area (Å²) in [5.74, 6) is 0.910. The zero-order chi connectivity index (χ0) is 24.1. The van der Waals surface area contributed by atoms with Crippen LogP contribution >= 0.6 is 12.2 Å². The maximum absolute atomic E-state index is 13.5. The summed E-state index contributed by atoms with van der Waals surface area (Å²) in [7, 11) is 3.19. The number of hydrogen-bond donors (Lipinski definition) is 1. The predicted octanol–water partition coefficient (Wildman–Crippen LogP) is 4.23. The van der Waals surface area contributed by atoms with Gasteiger partial charge in [-0.25, -0.2) is 0 Å². The van der Waals surface area contributed by atoms with Crippen molar-refractivity contribution < 1.29 is 19.1 Å². The maximum atomic E-state index is 13.5. The number of hydrogen-bond acceptors (Lipinski definition) is 5. The summed E-state index contributed by atoms with van der Waals surface area (Å²) in [6.07, 6.45) is -0.0311. The number of nitrogens with one attached hydrogen (secondary N) is 1. The standard InChI is InChI=1S/C26H25N3O4S/c1-32-21-12-8-18(9-13-21)17-28-23(16-24(30)27-19-6-4-3-5-7-19)25(31)29(26(28)34)20-10-14-22(33-2)15-11-20/h3-15,23H,16-17H2,1-2H3,(H,27,30)/t23-/m0/s1. The number of rotatable bonds is 8. The van der Waals surface area contributed by atoms with E-state index in [-0.39, 0.29) is 18.2 Å². The van der Waals surface area contributed by atoms with Gasteiger partial charge in [-0.2, -0.15) is 0 Å². The van der Waals surface area contributed by atoms with Crippen LogP contribution in [0.4, 0.5) is 11.4 Å². The lowest BCUT2D eigenvalue weighted by Gasteiger charge is -2.24. The smallest absolute Gasteiger partial charge is 0.256 e. The van der Waals surface area contributed by atoms with E-state index in [4.69, 9.17) is 21.7 Å². The Morgan fingerprint density at radius 1 is 0.912 bits per heavy atom. The molecule has 174 valence electrons. The molecule has 1 aliphatic rings. The normalized spacial score (nSPS) is 15.4. The van der Waals surface area contributed by atoms with Crippen molar-refractivity contribution in [2.45, 2.75) is 19.0 Å². The van der Waals surface area contributed by atoms with Gasteiger partial charge in [-0.05, 0) is 66.3 Å². The minimum absolute atomic E-state index is 0.0311. The molecule has 0 aromatic heterocycles. The van der Waals surface area contributed by atoms with Crippen molar-refractivity contribution in [3.05, 3.63) is 84.4 Å². The Hall–Kier alpha value is -3.91. The van der Waals surface area contributed by atoms with Crippen LogP contribution in [0.15, 0.2) is 78.9 Å². The molecule has 0 saturated carbocycles. The fourth-order valence-corrected chi connectivity index (χ4v) is 4.21. The number of benzene rings is 3. The molecule has 8 heteroatoms. The molecule has 3 aromatic rings. The lowest BCUT2D eigenvalue weighted by Crippen LogP contribution is -2.37. The molecule has 0 aliphatic carbocycles. The van der Waals surface area contributed by atoms with Crippen molar-refractivity contribution >= 4 is 40.5 Å². The van der Waals surface area contributed by atoms with Gasteiger partial charge >= 0.3 is 0 Å². The summed E-state index contributed by atoms with van der Waals surface area (Å²) in [6.45, 7) is 0.379. The van der Waals surface area contributed by atoms with Gasteiger partial charge in [-0.15, -0.1) is 0 Å². The molecule has 3 aromatic carbocycles. The van der Waals surface area contributed by atoms with E-state index < -0.39 is 6.04 Å². The molecule has 7 nitrogen and oxygen atoms in total. The van der Waals surface area contributed by atoms with Gasteiger partial charge in [0.15, 0.2) is 5.11 Å². The average molecular weight is 476 g/mol. The van der Waals surface area contributed by atoms with Gasteiger partial charge < -0.3 is 19.7 Å². The van der Waals surface area contributed by atoms with Crippen molar-refractivity contribution in [1.29, 1.82) is 0 Å². The van der Waals surface area contributed by atoms with Gasteiger partial charge in [-0.1, -0.05) is 30.3 Å². The van der Waals surface area contributed by atoms with Gasteiger partial charge in [0.25, 0.3) is 5.91 Å². The van der Waals surface area contributed by atoms with E-state index in [0.717, 1.165) is 11.3 Å². The van der Waals surface area contributed by atoms with E-state index in [0.29, 0.717) is 28.8 Å². The molecule has 4 rings (SSSR count). The lowest BCUT2D eigenvalue weighted by atomic mass is 10.1. The van der Waals surface area contributed by atoms with Crippen molar-refractivity contribution in [3.8, 4) is 11.5 Å². The number of para-hydroxylation sites is 1. The summed E-state index contributed by atoms with van der Waals surface area (Å²) in [4.78, 5) is 29.7.